The van der Waals surface area contributed by atoms with Crippen molar-refractivity contribution in [1.29, 1.82) is 0 Å². The molecule has 3 rings (SSSR count). The van der Waals surface area contributed by atoms with Crippen molar-refractivity contribution in [3.8, 4) is 0 Å². The minimum Gasteiger partial charge on any atom is -0.246 e. The molecule has 0 spiro atoms. The maximum atomic E-state index is 12.8. The van der Waals surface area contributed by atoms with Gasteiger partial charge in [-0.15, -0.1) is 0 Å². The van der Waals surface area contributed by atoms with Crippen LogP contribution in [0.3, 0.4) is 0 Å². The largest absolute Gasteiger partial charge is 0.246 e. The summed E-state index contributed by atoms with van der Waals surface area (Å²) in [6, 6.07) is 9.50. The van der Waals surface area contributed by atoms with E-state index in [2.05, 4.69) is 4.98 Å². The second-order valence-corrected chi connectivity index (χ2v) is 6.91. The number of hydrogen-bond donors (Lipinski definition) is 0. The molecule has 0 aliphatic rings. The van der Waals surface area contributed by atoms with Crippen molar-refractivity contribution >= 4 is 33.6 Å². The van der Waals surface area contributed by atoms with Gasteiger partial charge < -0.3 is 0 Å². The van der Waals surface area contributed by atoms with Crippen LogP contribution in [0.15, 0.2) is 41.4 Å². The van der Waals surface area contributed by atoms with Crippen LogP contribution in [0.5, 0.6) is 0 Å². The number of nitrogens with zero attached hydrogens (tertiary/aromatic N) is 2. The number of benzene rings is 1. The van der Waals surface area contributed by atoms with E-state index in [1.807, 2.05) is 57.3 Å². The molecule has 0 fully saturated rings. The molecule has 0 aliphatic carbocycles. The Bertz CT molecular complexity index is 853. The lowest BCUT2D eigenvalue weighted by molar-refractivity contribution is 0.678. The summed E-state index contributed by atoms with van der Waals surface area (Å²) >= 11 is 6.30. The van der Waals surface area contributed by atoms with Crippen molar-refractivity contribution in [1.82, 2.24) is 8.96 Å². The Morgan fingerprint density at radius 1 is 1.14 bits per heavy atom. The minimum absolute atomic E-state index is 0.648. The third-order valence-electron chi connectivity index (χ3n) is 3.40. The first-order valence-electron chi connectivity index (χ1n) is 6.61. The molecular formula is C16H15ClN2OS. The highest BCUT2D eigenvalue weighted by atomic mass is 35.5. The molecule has 3 nitrogen and oxygen atoms in total. The van der Waals surface area contributed by atoms with E-state index in [1.165, 1.54) is 0 Å². The SMILES string of the molecule is Cc1ccc(S(=O)n2cc(C)c3c(Cl)cc(C)nc32)cc1. The maximum Gasteiger partial charge on any atom is 0.158 e. The summed E-state index contributed by atoms with van der Waals surface area (Å²) in [5.41, 5.74) is 3.59. The highest BCUT2D eigenvalue weighted by molar-refractivity contribution is 7.83. The summed E-state index contributed by atoms with van der Waals surface area (Å²) in [5, 5.41) is 1.51. The van der Waals surface area contributed by atoms with Crippen LogP contribution < -0.4 is 0 Å². The number of aromatic nitrogens is 2. The quantitative estimate of drug-likeness (QED) is 0.710. The monoisotopic (exact) mass is 318 g/mol. The minimum atomic E-state index is -1.33. The summed E-state index contributed by atoms with van der Waals surface area (Å²) in [4.78, 5) is 5.25. The Balaban J connectivity index is 2.21. The summed E-state index contributed by atoms with van der Waals surface area (Å²) in [7, 11) is -1.33. The first-order chi connectivity index (χ1) is 9.97. The molecule has 0 amide bonds. The van der Waals surface area contributed by atoms with Gasteiger partial charge in [-0.25, -0.2) is 13.2 Å². The molecule has 0 aliphatic heterocycles. The molecule has 1 aromatic carbocycles. The molecule has 0 N–H and O–H groups in total. The molecule has 0 saturated heterocycles. The first kappa shape index (κ1) is 14.3. The third kappa shape index (κ3) is 2.49. The van der Waals surface area contributed by atoms with Gasteiger partial charge in [0.15, 0.2) is 16.6 Å². The average molecular weight is 319 g/mol. The van der Waals surface area contributed by atoms with E-state index < -0.39 is 11.0 Å². The Kier molecular flexibility index (Phi) is 3.59. The topological polar surface area (TPSA) is 34.9 Å². The van der Waals surface area contributed by atoms with E-state index in [-0.39, 0.29) is 0 Å². The van der Waals surface area contributed by atoms with Crippen molar-refractivity contribution in [2.75, 3.05) is 0 Å². The maximum absolute atomic E-state index is 12.8. The van der Waals surface area contributed by atoms with E-state index >= 15 is 0 Å². The fraction of sp³-hybridized carbons (Fsp3) is 0.188. The fourth-order valence-corrected chi connectivity index (χ4v) is 3.87. The summed E-state index contributed by atoms with van der Waals surface area (Å²) < 4.78 is 14.5. The lowest BCUT2D eigenvalue weighted by Gasteiger charge is -2.06. The second-order valence-electron chi connectivity index (χ2n) is 5.14. The lowest BCUT2D eigenvalue weighted by Crippen LogP contribution is -2.04. The van der Waals surface area contributed by atoms with Crippen molar-refractivity contribution in [3.63, 3.8) is 0 Å². The zero-order valence-electron chi connectivity index (χ0n) is 12.1. The number of hydrogen-bond acceptors (Lipinski definition) is 2. The Morgan fingerprint density at radius 2 is 1.81 bits per heavy atom. The Morgan fingerprint density at radius 3 is 2.48 bits per heavy atom. The lowest BCUT2D eigenvalue weighted by atomic mass is 10.2. The van der Waals surface area contributed by atoms with Crippen LogP contribution in [0.25, 0.3) is 11.0 Å². The predicted octanol–water partition coefficient (Wildman–Crippen LogP) is 4.19. The predicted molar refractivity (Wildman–Crippen MR) is 87.2 cm³/mol. The highest BCUT2D eigenvalue weighted by Gasteiger charge is 2.16. The summed E-state index contributed by atoms with van der Waals surface area (Å²) in [5.74, 6) is 0. The van der Waals surface area contributed by atoms with Gasteiger partial charge >= 0.3 is 0 Å². The van der Waals surface area contributed by atoms with E-state index in [0.717, 1.165) is 27.1 Å². The van der Waals surface area contributed by atoms with Crippen molar-refractivity contribution in [2.45, 2.75) is 25.7 Å². The number of rotatable bonds is 2. The summed E-state index contributed by atoms with van der Waals surface area (Å²) in [6.45, 7) is 5.84. The molecule has 108 valence electrons. The first-order valence-corrected chi connectivity index (χ1v) is 8.09. The third-order valence-corrected chi connectivity index (χ3v) is 5.00. The van der Waals surface area contributed by atoms with E-state index in [1.54, 1.807) is 3.97 Å². The van der Waals surface area contributed by atoms with Crippen LogP contribution in [-0.2, 0) is 11.0 Å². The van der Waals surface area contributed by atoms with Crippen LogP contribution in [-0.4, -0.2) is 13.2 Å². The molecule has 2 heterocycles. The molecule has 1 unspecified atom stereocenters. The highest BCUT2D eigenvalue weighted by Crippen LogP contribution is 2.29. The number of halogens is 1. The van der Waals surface area contributed by atoms with Gasteiger partial charge in [0.1, 0.15) is 0 Å². The van der Waals surface area contributed by atoms with E-state index in [0.29, 0.717) is 10.7 Å². The zero-order valence-corrected chi connectivity index (χ0v) is 13.6. The average Bonchev–Trinajstić information content (AvgIpc) is 2.76. The Labute approximate surface area is 131 Å². The van der Waals surface area contributed by atoms with Crippen LogP contribution >= 0.6 is 11.6 Å². The van der Waals surface area contributed by atoms with Gasteiger partial charge in [0.25, 0.3) is 0 Å². The Hall–Kier alpha value is -1.65. The second kappa shape index (κ2) is 5.28. The standard InChI is InChI=1S/C16H15ClN2OS/c1-10-4-6-13(7-5-10)21(20)19-9-11(2)15-14(17)8-12(3)18-16(15)19/h4-9H,1-3H3. The van der Waals surface area contributed by atoms with Crippen molar-refractivity contribution in [2.24, 2.45) is 0 Å². The molecule has 0 radical (unpaired) electrons. The molecule has 1 atom stereocenters. The van der Waals surface area contributed by atoms with Gasteiger partial charge in [0.05, 0.1) is 9.92 Å². The van der Waals surface area contributed by atoms with E-state index in [4.69, 9.17) is 11.6 Å². The van der Waals surface area contributed by atoms with Crippen molar-refractivity contribution < 1.29 is 4.21 Å². The number of aryl methyl sites for hydroxylation is 3. The molecule has 3 aromatic rings. The fourth-order valence-electron chi connectivity index (χ4n) is 2.34. The van der Waals surface area contributed by atoms with Gasteiger partial charge in [-0.3, -0.25) is 0 Å². The molecule has 5 heteroatoms. The molecule has 2 aromatic heterocycles. The molecule has 0 bridgehead atoms. The van der Waals surface area contributed by atoms with Crippen molar-refractivity contribution in [3.05, 3.63) is 58.4 Å². The van der Waals surface area contributed by atoms with Gasteiger partial charge in [0, 0.05) is 17.3 Å². The zero-order chi connectivity index (χ0) is 15.1. The van der Waals surface area contributed by atoms with Gasteiger partial charge in [0.2, 0.25) is 0 Å². The summed E-state index contributed by atoms with van der Waals surface area (Å²) in [6.07, 6.45) is 1.85. The van der Waals surface area contributed by atoms with Crippen LogP contribution in [0.2, 0.25) is 5.02 Å². The number of pyridine rings is 1. The molecular weight excluding hydrogens is 304 g/mol. The van der Waals surface area contributed by atoms with Crippen LogP contribution in [0.1, 0.15) is 16.8 Å². The molecule has 21 heavy (non-hydrogen) atoms. The van der Waals surface area contributed by atoms with Gasteiger partial charge in [-0.2, -0.15) is 0 Å². The normalized spacial score (nSPS) is 12.8. The molecule has 0 saturated carbocycles. The number of fused-ring (bicyclic) bond motifs is 1. The van der Waals surface area contributed by atoms with Crippen LogP contribution in [0.4, 0.5) is 0 Å². The van der Waals surface area contributed by atoms with Crippen LogP contribution in [0, 0.1) is 20.8 Å². The van der Waals surface area contributed by atoms with Gasteiger partial charge in [-0.05, 0) is 44.5 Å². The van der Waals surface area contributed by atoms with E-state index in [9.17, 15) is 4.21 Å². The van der Waals surface area contributed by atoms with Gasteiger partial charge in [-0.1, -0.05) is 29.3 Å². The smallest absolute Gasteiger partial charge is 0.158 e.